The zero-order chi connectivity index (χ0) is 15.8. The average molecular weight is 303 g/mol. The van der Waals surface area contributed by atoms with Crippen molar-refractivity contribution in [3.63, 3.8) is 0 Å². The van der Waals surface area contributed by atoms with Gasteiger partial charge in [-0.1, -0.05) is 48.5 Å². The Labute approximate surface area is 134 Å². The molecule has 0 aliphatic carbocycles. The first-order valence-electron chi connectivity index (χ1n) is 7.72. The van der Waals surface area contributed by atoms with Gasteiger partial charge in [-0.2, -0.15) is 0 Å². The quantitative estimate of drug-likeness (QED) is 0.765. The minimum atomic E-state index is 0.0645. The number of ether oxygens (including phenoxy) is 1. The molecule has 0 fully saturated rings. The van der Waals surface area contributed by atoms with Crippen LogP contribution in [0.5, 0.6) is 5.75 Å². The van der Waals surface area contributed by atoms with Crippen LogP contribution in [0.15, 0.2) is 60.7 Å². The van der Waals surface area contributed by atoms with Crippen LogP contribution in [-0.4, -0.2) is 13.0 Å². The van der Waals surface area contributed by atoms with Gasteiger partial charge >= 0.3 is 0 Å². The van der Waals surface area contributed by atoms with Crippen LogP contribution >= 0.6 is 0 Å². The molecule has 23 heavy (non-hydrogen) atoms. The lowest BCUT2D eigenvalue weighted by molar-refractivity contribution is -0.116. The fraction of sp³-hybridized carbons (Fsp3) is 0.150. The molecule has 3 aromatic carbocycles. The summed E-state index contributed by atoms with van der Waals surface area (Å²) < 4.78 is 5.23. The lowest BCUT2D eigenvalue weighted by atomic mass is 9.83. The fourth-order valence-electron chi connectivity index (χ4n) is 3.34. The molecule has 0 bridgehead atoms. The molecule has 0 saturated carbocycles. The molecule has 0 spiro atoms. The van der Waals surface area contributed by atoms with Crippen molar-refractivity contribution in [2.45, 2.75) is 12.3 Å². The summed E-state index contributed by atoms with van der Waals surface area (Å²) in [5.74, 6) is 0.969. The maximum Gasteiger partial charge on any atom is 0.225 e. The Morgan fingerprint density at radius 2 is 1.78 bits per heavy atom. The summed E-state index contributed by atoms with van der Waals surface area (Å²) in [5.41, 5.74) is 3.26. The van der Waals surface area contributed by atoms with Crippen molar-refractivity contribution < 1.29 is 9.53 Å². The Morgan fingerprint density at radius 1 is 1.00 bits per heavy atom. The van der Waals surface area contributed by atoms with Gasteiger partial charge in [-0.25, -0.2) is 0 Å². The Morgan fingerprint density at radius 3 is 2.57 bits per heavy atom. The molecule has 0 aromatic heterocycles. The average Bonchev–Trinajstić information content (AvgIpc) is 2.61. The summed E-state index contributed by atoms with van der Waals surface area (Å²) in [6, 6.07) is 20.4. The van der Waals surface area contributed by atoms with E-state index in [0.717, 1.165) is 27.8 Å². The van der Waals surface area contributed by atoms with E-state index in [2.05, 4.69) is 29.6 Å². The SMILES string of the molecule is COc1ccc(C2CC(=O)Nc3c2ccc2ccccc32)cc1. The van der Waals surface area contributed by atoms with E-state index in [1.54, 1.807) is 7.11 Å². The first kappa shape index (κ1) is 13.8. The Kier molecular flexibility index (Phi) is 3.27. The number of nitrogens with one attached hydrogen (secondary N) is 1. The Hall–Kier alpha value is -2.81. The summed E-state index contributed by atoms with van der Waals surface area (Å²) in [4.78, 5) is 12.2. The van der Waals surface area contributed by atoms with Crippen molar-refractivity contribution in [2.75, 3.05) is 12.4 Å². The van der Waals surface area contributed by atoms with Crippen LogP contribution in [-0.2, 0) is 4.79 Å². The standard InChI is InChI=1S/C20H17NO2/c1-23-15-9-6-14(7-10-15)18-12-19(22)21-20-16-5-3-2-4-13(16)8-11-17(18)20/h2-11,18H,12H2,1H3,(H,21,22). The van der Waals surface area contributed by atoms with E-state index in [4.69, 9.17) is 4.74 Å². The van der Waals surface area contributed by atoms with Gasteiger partial charge in [0.2, 0.25) is 5.91 Å². The van der Waals surface area contributed by atoms with Gasteiger partial charge in [0, 0.05) is 17.7 Å². The van der Waals surface area contributed by atoms with Crippen LogP contribution in [0.4, 0.5) is 5.69 Å². The van der Waals surface area contributed by atoms with Gasteiger partial charge in [0.1, 0.15) is 5.75 Å². The van der Waals surface area contributed by atoms with Crippen molar-refractivity contribution in [1.29, 1.82) is 0 Å². The molecule has 1 atom stereocenters. The molecule has 1 aliphatic heterocycles. The van der Waals surface area contributed by atoms with Gasteiger partial charge in [0.25, 0.3) is 0 Å². The van der Waals surface area contributed by atoms with E-state index in [0.29, 0.717) is 6.42 Å². The highest BCUT2D eigenvalue weighted by molar-refractivity contribution is 6.06. The number of hydrogen-bond acceptors (Lipinski definition) is 2. The van der Waals surface area contributed by atoms with E-state index in [-0.39, 0.29) is 11.8 Å². The van der Waals surface area contributed by atoms with Crippen molar-refractivity contribution >= 4 is 22.4 Å². The molecule has 1 N–H and O–H groups in total. The predicted octanol–water partition coefficient (Wildman–Crippen LogP) is 4.32. The number of carbonyl (C=O) groups excluding carboxylic acids is 1. The highest BCUT2D eigenvalue weighted by Crippen LogP contribution is 2.41. The van der Waals surface area contributed by atoms with Crippen LogP contribution in [0.1, 0.15) is 23.5 Å². The van der Waals surface area contributed by atoms with E-state index >= 15 is 0 Å². The van der Waals surface area contributed by atoms with Crippen molar-refractivity contribution in [2.24, 2.45) is 0 Å². The molecule has 1 amide bonds. The smallest absolute Gasteiger partial charge is 0.225 e. The molecule has 3 aromatic rings. The molecule has 0 radical (unpaired) electrons. The normalized spacial score (nSPS) is 16.7. The molecule has 0 saturated heterocycles. The number of anilines is 1. The molecular formula is C20H17NO2. The van der Waals surface area contributed by atoms with E-state index < -0.39 is 0 Å². The second-order valence-electron chi connectivity index (χ2n) is 5.83. The molecule has 1 heterocycles. The Bertz CT molecular complexity index is 884. The lowest BCUT2D eigenvalue weighted by Gasteiger charge is -2.27. The van der Waals surface area contributed by atoms with Gasteiger partial charge in [-0.05, 0) is 28.6 Å². The number of benzene rings is 3. The monoisotopic (exact) mass is 303 g/mol. The molecular weight excluding hydrogens is 286 g/mol. The molecule has 4 rings (SSSR count). The van der Waals surface area contributed by atoms with Crippen molar-refractivity contribution in [3.05, 3.63) is 71.8 Å². The minimum absolute atomic E-state index is 0.0645. The number of amides is 1. The van der Waals surface area contributed by atoms with Gasteiger partial charge in [-0.15, -0.1) is 0 Å². The first-order chi connectivity index (χ1) is 11.3. The Balaban J connectivity index is 1.87. The summed E-state index contributed by atoms with van der Waals surface area (Å²) in [5, 5.41) is 5.30. The number of fused-ring (bicyclic) bond motifs is 3. The van der Waals surface area contributed by atoms with Crippen LogP contribution in [0.3, 0.4) is 0 Å². The van der Waals surface area contributed by atoms with Crippen LogP contribution in [0.2, 0.25) is 0 Å². The second-order valence-corrected chi connectivity index (χ2v) is 5.83. The predicted molar refractivity (Wildman–Crippen MR) is 92.0 cm³/mol. The largest absolute Gasteiger partial charge is 0.497 e. The van der Waals surface area contributed by atoms with Gasteiger partial charge in [0.15, 0.2) is 0 Å². The molecule has 3 heteroatoms. The van der Waals surface area contributed by atoms with Crippen molar-refractivity contribution in [1.82, 2.24) is 0 Å². The topological polar surface area (TPSA) is 38.3 Å². The lowest BCUT2D eigenvalue weighted by Crippen LogP contribution is -2.23. The highest BCUT2D eigenvalue weighted by Gasteiger charge is 2.27. The van der Waals surface area contributed by atoms with E-state index in [1.807, 2.05) is 36.4 Å². The van der Waals surface area contributed by atoms with Gasteiger partial charge in [0.05, 0.1) is 12.8 Å². The third-order valence-electron chi connectivity index (χ3n) is 4.51. The fourth-order valence-corrected chi connectivity index (χ4v) is 3.34. The van der Waals surface area contributed by atoms with Crippen LogP contribution in [0, 0.1) is 0 Å². The summed E-state index contributed by atoms with van der Waals surface area (Å²) in [7, 11) is 1.66. The third kappa shape index (κ3) is 2.34. The second kappa shape index (κ2) is 5.43. The maximum absolute atomic E-state index is 12.2. The molecule has 114 valence electrons. The number of methoxy groups -OCH3 is 1. The number of rotatable bonds is 2. The van der Waals surface area contributed by atoms with Crippen LogP contribution < -0.4 is 10.1 Å². The molecule has 1 aliphatic rings. The van der Waals surface area contributed by atoms with E-state index in [1.165, 1.54) is 5.56 Å². The zero-order valence-electron chi connectivity index (χ0n) is 12.9. The van der Waals surface area contributed by atoms with Gasteiger partial charge < -0.3 is 10.1 Å². The van der Waals surface area contributed by atoms with Crippen molar-refractivity contribution in [3.8, 4) is 5.75 Å². The summed E-state index contributed by atoms with van der Waals surface area (Å²) in [6.07, 6.45) is 0.470. The molecule has 1 unspecified atom stereocenters. The number of hydrogen-bond donors (Lipinski definition) is 1. The molecule has 3 nitrogen and oxygen atoms in total. The highest BCUT2D eigenvalue weighted by atomic mass is 16.5. The van der Waals surface area contributed by atoms with Crippen LogP contribution in [0.25, 0.3) is 10.8 Å². The summed E-state index contributed by atoms with van der Waals surface area (Å²) >= 11 is 0. The maximum atomic E-state index is 12.2. The summed E-state index contributed by atoms with van der Waals surface area (Å²) in [6.45, 7) is 0. The van der Waals surface area contributed by atoms with E-state index in [9.17, 15) is 4.79 Å². The third-order valence-corrected chi connectivity index (χ3v) is 4.51. The van der Waals surface area contributed by atoms with Gasteiger partial charge in [-0.3, -0.25) is 4.79 Å². The number of carbonyl (C=O) groups is 1. The zero-order valence-corrected chi connectivity index (χ0v) is 12.9. The minimum Gasteiger partial charge on any atom is -0.497 e. The first-order valence-corrected chi connectivity index (χ1v) is 7.72.